The van der Waals surface area contributed by atoms with Crippen molar-refractivity contribution in [3.63, 3.8) is 0 Å². The van der Waals surface area contributed by atoms with Gasteiger partial charge in [0.1, 0.15) is 8.64 Å². The number of rotatable bonds is 0. The van der Waals surface area contributed by atoms with E-state index in [4.69, 9.17) is 24.4 Å². The molecule has 1 radical (unpaired) electrons. The summed E-state index contributed by atoms with van der Waals surface area (Å²) in [5.41, 5.74) is 2.62. The molecule has 0 aromatic heterocycles. The van der Waals surface area contributed by atoms with Crippen molar-refractivity contribution >= 4 is 68.4 Å². The van der Waals surface area contributed by atoms with Crippen molar-refractivity contribution in [3.05, 3.63) is 21.0 Å². The average molecular weight is 518 g/mol. The first kappa shape index (κ1) is 25.1. The SMILES string of the molecule is CC1CCC(=C2SC(=S)NC2=O)CC1.CC1CCC(=C2SC(=S)NC2=O)CC1.[Cu+2]. The quantitative estimate of drug-likeness (QED) is 0.262. The molecule has 2 heterocycles. The Kier molecular flexibility index (Phi) is 9.90. The fourth-order valence-corrected chi connectivity index (χ4v) is 6.10. The number of thioether (sulfide) groups is 2. The molecule has 0 aromatic carbocycles. The van der Waals surface area contributed by atoms with Crippen LogP contribution in [0.1, 0.15) is 65.2 Å². The van der Waals surface area contributed by atoms with E-state index in [0.29, 0.717) is 8.64 Å². The van der Waals surface area contributed by atoms with Crippen LogP contribution in [0, 0.1) is 11.8 Å². The summed E-state index contributed by atoms with van der Waals surface area (Å²) in [6.45, 7) is 4.54. The van der Waals surface area contributed by atoms with Gasteiger partial charge in [0.2, 0.25) is 0 Å². The van der Waals surface area contributed by atoms with Crippen LogP contribution in [0.2, 0.25) is 0 Å². The Morgan fingerprint density at radius 2 is 1.03 bits per heavy atom. The molecular formula is C20H26CuN2O2S4+2. The van der Waals surface area contributed by atoms with Crippen molar-refractivity contribution < 1.29 is 26.7 Å². The van der Waals surface area contributed by atoms with Gasteiger partial charge < -0.3 is 10.6 Å². The molecule has 2 N–H and O–H groups in total. The molecule has 2 saturated carbocycles. The number of hydrogen-bond acceptors (Lipinski definition) is 6. The van der Waals surface area contributed by atoms with Gasteiger partial charge in [0.05, 0.1) is 9.81 Å². The number of nitrogens with one attached hydrogen (secondary N) is 2. The Morgan fingerprint density at radius 3 is 1.28 bits per heavy atom. The predicted molar refractivity (Wildman–Crippen MR) is 126 cm³/mol. The average Bonchev–Trinajstić information content (AvgIpc) is 3.17. The van der Waals surface area contributed by atoms with Crippen LogP contribution in [0.5, 0.6) is 0 Å². The molecule has 9 heteroatoms. The molecule has 0 bridgehead atoms. The van der Waals surface area contributed by atoms with E-state index in [9.17, 15) is 9.59 Å². The topological polar surface area (TPSA) is 58.2 Å². The van der Waals surface area contributed by atoms with Crippen LogP contribution in [0.3, 0.4) is 0 Å². The molecule has 2 saturated heterocycles. The van der Waals surface area contributed by atoms with E-state index in [0.717, 1.165) is 47.3 Å². The van der Waals surface area contributed by atoms with Gasteiger partial charge >= 0.3 is 17.1 Å². The maximum absolute atomic E-state index is 11.5. The van der Waals surface area contributed by atoms with Crippen molar-refractivity contribution in [1.29, 1.82) is 0 Å². The number of carbonyl (C=O) groups excluding carboxylic acids is 2. The molecule has 29 heavy (non-hydrogen) atoms. The van der Waals surface area contributed by atoms with E-state index in [1.54, 1.807) is 0 Å². The summed E-state index contributed by atoms with van der Waals surface area (Å²) in [6.07, 6.45) is 9.11. The molecular weight excluding hydrogens is 492 g/mol. The van der Waals surface area contributed by atoms with Crippen LogP contribution in [0.15, 0.2) is 21.0 Å². The van der Waals surface area contributed by atoms with Crippen molar-refractivity contribution in [2.75, 3.05) is 0 Å². The molecule has 0 spiro atoms. The molecule has 2 amide bonds. The second kappa shape index (κ2) is 11.4. The molecule has 2 aliphatic carbocycles. The number of allylic oxidation sites excluding steroid dienone is 2. The van der Waals surface area contributed by atoms with Gasteiger partial charge in [-0.05, 0) is 63.2 Å². The summed E-state index contributed by atoms with van der Waals surface area (Å²) < 4.78 is 1.22. The van der Waals surface area contributed by atoms with E-state index in [2.05, 4.69) is 24.5 Å². The Bertz CT molecular complexity index is 694. The number of thiocarbonyl (C=S) groups is 2. The van der Waals surface area contributed by atoms with E-state index in [1.807, 2.05) is 0 Å². The largest absolute Gasteiger partial charge is 2.00 e. The van der Waals surface area contributed by atoms with E-state index >= 15 is 0 Å². The van der Waals surface area contributed by atoms with Crippen molar-refractivity contribution in [1.82, 2.24) is 10.6 Å². The molecule has 4 fully saturated rings. The summed E-state index contributed by atoms with van der Waals surface area (Å²) >= 11 is 12.8. The zero-order valence-corrected chi connectivity index (χ0v) is 20.8. The van der Waals surface area contributed by atoms with Gasteiger partial charge in [0.15, 0.2) is 0 Å². The smallest absolute Gasteiger partial charge is 0.307 e. The minimum absolute atomic E-state index is 0. The fraction of sp³-hybridized carbons (Fsp3) is 0.600. The van der Waals surface area contributed by atoms with Crippen LogP contribution in [-0.4, -0.2) is 20.5 Å². The van der Waals surface area contributed by atoms with Crippen LogP contribution in [0.4, 0.5) is 0 Å². The van der Waals surface area contributed by atoms with Crippen LogP contribution >= 0.6 is 48.0 Å². The van der Waals surface area contributed by atoms with Gasteiger partial charge in [-0.25, -0.2) is 0 Å². The van der Waals surface area contributed by atoms with Crippen molar-refractivity contribution in [2.45, 2.75) is 65.2 Å². The van der Waals surface area contributed by atoms with Crippen molar-refractivity contribution in [2.24, 2.45) is 11.8 Å². The Balaban J connectivity index is 0.000000200. The van der Waals surface area contributed by atoms with Crippen LogP contribution in [0.25, 0.3) is 0 Å². The van der Waals surface area contributed by atoms with Gasteiger partial charge in [-0.2, -0.15) is 0 Å². The Morgan fingerprint density at radius 1 is 0.724 bits per heavy atom. The molecule has 161 valence electrons. The molecule has 0 atom stereocenters. The standard InChI is InChI=1S/2C10H13NOS2.Cu/c2*1-6-2-4-7(5-3-6)8-9(12)11-10(13)14-8;/h2*6H,2-5H2,1H3,(H,11,12,13);/q;;+2. The molecule has 4 nitrogen and oxygen atoms in total. The van der Waals surface area contributed by atoms with E-state index in [1.165, 1.54) is 60.4 Å². The third-order valence-electron chi connectivity index (χ3n) is 5.63. The van der Waals surface area contributed by atoms with E-state index in [-0.39, 0.29) is 28.9 Å². The fourth-order valence-electron chi connectivity index (χ4n) is 3.77. The molecule has 0 unspecified atom stereocenters. The summed E-state index contributed by atoms with van der Waals surface area (Å²) in [5, 5.41) is 5.35. The number of hydrogen-bond donors (Lipinski definition) is 2. The third kappa shape index (κ3) is 6.91. The van der Waals surface area contributed by atoms with Gasteiger partial charge in [0, 0.05) is 0 Å². The second-order valence-electron chi connectivity index (χ2n) is 7.92. The first-order valence-electron chi connectivity index (χ1n) is 9.83. The molecule has 4 aliphatic rings. The molecule has 2 aliphatic heterocycles. The first-order chi connectivity index (χ1) is 13.3. The molecule has 0 aromatic rings. The normalized spacial score (nSPS) is 27.2. The van der Waals surface area contributed by atoms with E-state index < -0.39 is 0 Å². The van der Waals surface area contributed by atoms with Crippen LogP contribution in [-0.2, 0) is 26.7 Å². The monoisotopic (exact) mass is 517 g/mol. The Labute approximate surface area is 202 Å². The number of carbonyl (C=O) groups is 2. The van der Waals surface area contributed by atoms with Gasteiger partial charge in [-0.15, -0.1) is 0 Å². The zero-order chi connectivity index (χ0) is 20.3. The summed E-state index contributed by atoms with van der Waals surface area (Å²) in [5.74, 6) is 1.65. The van der Waals surface area contributed by atoms with Crippen molar-refractivity contribution in [3.8, 4) is 0 Å². The van der Waals surface area contributed by atoms with Gasteiger partial charge in [-0.3, -0.25) is 9.59 Å². The third-order valence-corrected chi connectivity index (χ3v) is 8.27. The van der Waals surface area contributed by atoms with Crippen LogP contribution < -0.4 is 10.6 Å². The summed E-state index contributed by atoms with van der Waals surface area (Å²) in [7, 11) is 0. The second-order valence-corrected chi connectivity index (χ2v) is 11.3. The maximum Gasteiger partial charge on any atom is 2.00 e. The van der Waals surface area contributed by atoms with Gasteiger partial charge in [-0.1, -0.05) is 73.0 Å². The maximum atomic E-state index is 11.5. The first-order valence-corrected chi connectivity index (χ1v) is 12.3. The summed E-state index contributed by atoms with van der Waals surface area (Å²) in [6, 6.07) is 0. The number of amides is 2. The minimum Gasteiger partial charge on any atom is -0.307 e. The predicted octanol–water partition coefficient (Wildman–Crippen LogP) is 5.19. The van der Waals surface area contributed by atoms with Gasteiger partial charge in [0.25, 0.3) is 11.8 Å². The Hall–Kier alpha value is -0.181. The minimum atomic E-state index is 0. The summed E-state index contributed by atoms with van der Waals surface area (Å²) in [4.78, 5) is 24.7. The zero-order valence-electron chi connectivity index (χ0n) is 16.6. The molecule has 4 rings (SSSR count).